The van der Waals surface area contributed by atoms with Crippen molar-refractivity contribution >= 4 is 42.1 Å². The molecule has 1 amide bonds. The van der Waals surface area contributed by atoms with E-state index in [1.807, 2.05) is 28.6 Å². The molecule has 2 aliphatic heterocycles. The van der Waals surface area contributed by atoms with Crippen LogP contribution in [0.2, 0.25) is 0 Å². The molecule has 1 N–H and O–H groups in total. The van der Waals surface area contributed by atoms with Crippen molar-refractivity contribution in [3.05, 3.63) is 35.6 Å². The van der Waals surface area contributed by atoms with Gasteiger partial charge < -0.3 is 10.2 Å². The van der Waals surface area contributed by atoms with Gasteiger partial charge in [-0.3, -0.25) is 9.78 Å². The SMILES string of the molecule is Cl.Cl.O=C(Cc1csc(-c2cccnc2)n1)N1CCC2CCC(C1)N2. The second kappa shape index (κ2) is 8.94. The van der Waals surface area contributed by atoms with Crippen molar-refractivity contribution in [2.45, 2.75) is 37.8 Å². The van der Waals surface area contributed by atoms with Crippen LogP contribution in [0.15, 0.2) is 29.9 Å². The lowest BCUT2D eigenvalue weighted by Crippen LogP contribution is -2.39. The number of pyridine rings is 1. The van der Waals surface area contributed by atoms with Crippen LogP contribution in [-0.4, -0.2) is 45.9 Å². The normalized spacial score (nSPS) is 21.8. The molecule has 25 heavy (non-hydrogen) atoms. The first-order valence-electron chi connectivity index (χ1n) is 8.16. The molecule has 4 heterocycles. The summed E-state index contributed by atoms with van der Waals surface area (Å²) in [5.41, 5.74) is 1.87. The average molecular weight is 401 g/mol. The van der Waals surface area contributed by atoms with Crippen LogP contribution in [0.1, 0.15) is 25.0 Å². The lowest BCUT2D eigenvalue weighted by molar-refractivity contribution is -0.130. The van der Waals surface area contributed by atoms with E-state index in [-0.39, 0.29) is 30.7 Å². The largest absolute Gasteiger partial charge is 0.341 e. The highest BCUT2D eigenvalue weighted by Crippen LogP contribution is 2.24. The van der Waals surface area contributed by atoms with Gasteiger partial charge in [-0.1, -0.05) is 0 Å². The number of fused-ring (bicyclic) bond motifs is 2. The Labute approximate surface area is 164 Å². The Kier molecular flexibility index (Phi) is 7.19. The Hall–Kier alpha value is -1.21. The Balaban J connectivity index is 0.00000113. The minimum Gasteiger partial charge on any atom is -0.341 e. The van der Waals surface area contributed by atoms with Crippen LogP contribution in [0.3, 0.4) is 0 Å². The molecular weight excluding hydrogens is 379 g/mol. The van der Waals surface area contributed by atoms with Gasteiger partial charge in [0.15, 0.2) is 0 Å². The van der Waals surface area contributed by atoms with Crippen molar-refractivity contribution in [1.82, 2.24) is 20.2 Å². The van der Waals surface area contributed by atoms with Gasteiger partial charge in [0.1, 0.15) is 5.01 Å². The summed E-state index contributed by atoms with van der Waals surface area (Å²) in [6.07, 6.45) is 7.47. The third-order valence-corrected chi connectivity index (χ3v) is 5.61. The number of amides is 1. The topological polar surface area (TPSA) is 58.1 Å². The Bertz CT molecular complexity index is 697. The smallest absolute Gasteiger partial charge is 0.228 e. The van der Waals surface area contributed by atoms with Gasteiger partial charge >= 0.3 is 0 Å². The van der Waals surface area contributed by atoms with Crippen molar-refractivity contribution in [2.75, 3.05) is 13.1 Å². The van der Waals surface area contributed by atoms with Crippen molar-refractivity contribution in [2.24, 2.45) is 0 Å². The number of carbonyl (C=O) groups excluding carboxylic acids is 1. The molecule has 2 aromatic rings. The van der Waals surface area contributed by atoms with Crippen molar-refractivity contribution in [3.63, 3.8) is 0 Å². The van der Waals surface area contributed by atoms with E-state index in [2.05, 4.69) is 15.3 Å². The zero-order valence-electron chi connectivity index (χ0n) is 13.8. The van der Waals surface area contributed by atoms with Crippen LogP contribution in [0.4, 0.5) is 0 Å². The fourth-order valence-electron chi connectivity index (χ4n) is 3.45. The average Bonchev–Trinajstić information content (AvgIpc) is 3.14. The summed E-state index contributed by atoms with van der Waals surface area (Å²) in [5.74, 6) is 0.197. The molecule has 2 fully saturated rings. The molecule has 5 nitrogen and oxygen atoms in total. The number of hydrogen-bond donors (Lipinski definition) is 1. The van der Waals surface area contributed by atoms with Crippen LogP contribution >= 0.6 is 36.2 Å². The number of rotatable bonds is 3. The molecule has 8 heteroatoms. The highest BCUT2D eigenvalue weighted by atomic mass is 35.5. The van der Waals surface area contributed by atoms with Gasteiger partial charge in [-0.2, -0.15) is 0 Å². The number of thiazole rings is 1. The maximum absolute atomic E-state index is 12.6. The molecule has 2 bridgehead atoms. The number of nitrogens with one attached hydrogen (secondary N) is 1. The van der Waals surface area contributed by atoms with Crippen molar-refractivity contribution < 1.29 is 4.79 Å². The molecule has 2 aromatic heterocycles. The molecule has 0 aliphatic carbocycles. The van der Waals surface area contributed by atoms with Gasteiger partial charge in [0, 0.05) is 48.5 Å². The Morgan fingerprint density at radius 2 is 2.12 bits per heavy atom. The number of likely N-dealkylation sites (tertiary alicyclic amines) is 1. The van der Waals surface area contributed by atoms with Crippen LogP contribution < -0.4 is 5.32 Å². The summed E-state index contributed by atoms with van der Waals surface area (Å²) in [6, 6.07) is 4.98. The van der Waals surface area contributed by atoms with E-state index in [0.717, 1.165) is 35.8 Å². The molecule has 0 saturated carbocycles. The third-order valence-electron chi connectivity index (χ3n) is 4.67. The summed E-state index contributed by atoms with van der Waals surface area (Å²) in [5, 5.41) is 6.53. The van der Waals surface area contributed by atoms with E-state index in [1.54, 1.807) is 17.5 Å². The van der Waals surface area contributed by atoms with Crippen molar-refractivity contribution in [3.8, 4) is 10.6 Å². The van der Waals surface area contributed by atoms with Gasteiger partial charge in [-0.25, -0.2) is 4.98 Å². The van der Waals surface area contributed by atoms with Gasteiger partial charge in [-0.15, -0.1) is 36.2 Å². The van der Waals surface area contributed by atoms with E-state index in [4.69, 9.17) is 0 Å². The molecule has 0 radical (unpaired) electrons. The number of carbonyl (C=O) groups is 1. The Morgan fingerprint density at radius 3 is 2.92 bits per heavy atom. The van der Waals surface area contributed by atoms with Crippen molar-refractivity contribution in [1.29, 1.82) is 0 Å². The zero-order chi connectivity index (χ0) is 15.6. The lowest BCUT2D eigenvalue weighted by atomic mass is 10.1. The van der Waals surface area contributed by atoms with E-state index >= 15 is 0 Å². The predicted molar refractivity (Wildman–Crippen MR) is 105 cm³/mol. The first kappa shape index (κ1) is 20.1. The maximum Gasteiger partial charge on any atom is 0.228 e. The molecule has 4 rings (SSSR count). The van der Waals surface area contributed by atoms with Crippen LogP contribution in [0.5, 0.6) is 0 Å². The van der Waals surface area contributed by atoms with Crippen LogP contribution in [0.25, 0.3) is 10.6 Å². The van der Waals surface area contributed by atoms with E-state index in [0.29, 0.717) is 18.5 Å². The van der Waals surface area contributed by atoms with Gasteiger partial charge in [0.2, 0.25) is 5.91 Å². The first-order valence-corrected chi connectivity index (χ1v) is 9.04. The van der Waals surface area contributed by atoms with Gasteiger partial charge in [0.05, 0.1) is 12.1 Å². The Morgan fingerprint density at radius 1 is 1.28 bits per heavy atom. The number of aromatic nitrogens is 2. The van der Waals surface area contributed by atoms with Crippen LogP contribution in [-0.2, 0) is 11.2 Å². The predicted octanol–water partition coefficient (Wildman–Crippen LogP) is 2.94. The monoisotopic (exact) mass is 400 g/mol. The number of nitrogens with zero attached hydrogens (tertiary/aromatic N) is 3. The maximum atomic E-state index is 12.6. The summed E-state index contributed by atoms with van der Waals surface area (Å²) >= 11 is 1.57. The fourth-order valence-corrected chi connectivity index (χ4v) is 4.26. The lowest BCUT2D eigenvalue weighted by Gasteiger charge is -2.24. The second-order valence-corrected chi connectivity index (χ2v) is 7.19. The molecule has 2 saturated heterocycles. The molecule has 2 unspecified atom stereocenters. The number of hydrogen-bond acceptors (Lipinski definition) is 5. The summed E-state index contributed by atoms with van der Waals surface area (Å²) < 4.78 is 0. The van der Waals surface area contributed by atoms with Crippen LogP contribution in [0, 0.1) is 0 Å². The quantitative estimate of drug-likeness (QED) is 0.859. The molecule has 2 atom stereocenters. The third kappa shape index (κ3) is 4.70. The van der Waals surface area contributed by atoms with Gasteiger partial charge in [-0.05, 0) is 31.4 Å². The summed E-state index contributed by atoms with van der Waals surface area (Å²) in [4.78, 5) is 23.3. The molecule has 136 valence electrons. The fraction of sp³-hybridized carbons (Fsp3) is 0.471. The summed E-state index contributed by atoms with van der Waals surface area (Å²) in [7, 11) is 0. The minimum atomic E-state index is 0. The highest BCUT2D eigenvalue weighted by molar-refractivity contribution is 7.13. The molecule has 0 aromatic carbocycles. The zero-order valence-corrected chi connectivity index (χ0v) is 16.2. The minimum absolute atomic E-state index is 0. The van der Waals surface area contributed by atoms with E-state index in [9.17, 15) is 4.79 Å². The second-order valence-electron chi connectivity index (χ2n) is 6.33. The summed E-state index contributed by atoms with van der Waals surface area (Å²) in [6.45, 7) is 1.71. The van der Waals surface area contributed by atoms with E-state index in [1.165, 1.54) is 12.8 Å². The van der Waals surface area contributed by atoms with Gasteiger partial charge in [0.25, 0.3) is 0 Å². The molecule has 0 spiro atoms. The highest BCUT2D eigenvalue weighted by Gasteiger charge is 2.31. The number of halogens is 2. The first-order chi connectivity index (χ1) is 11.3. The molecule has 2 aliphatic rings. The molecular formula is C17H22Cl2N4OS. The van der Waals surface area contributed by atoms with E-state index < -0.39 is 0 Å². The standard InChI is InChI=1S/C17H20N4OS.2ClH/c22-16(21-7-5-13-3-4-14(10-21)19-13)8-15-11-23-17(20-15)12-2-1-6-18-9-12;;/h1-2,6,9,11,13-14,19H,3-5,7-8,10H2;2*1H.